The van der Waals surface area contributed by atoms with Crippen molar-refractivity contribution in [1.29, 1.82) is 0 Å². The Morgan fingerprint density at radius 1 is 0.978 bits per heavy atom. The number of hydrogen-bond acceptors (Lipinski definition) is 6. The predicted molar refractivity (Wildman–Crippen MR) is 169 cm³/mol. The van der Waals surface area contributed by atoms with E-state index in [0.717, 1.165) is 11.1 Å². The number of azide groups is 1. The molecule has 2 fully saturated rings. The summed E-state index contributed by atoms with van der Waals surface area (Å²) in [5, 5.41) is 12.3. The summed E-state index contributed by atoms with van der Waals surface area (Å²) >= 11 is 0. The Kier molecular flexibility index (Phi) is 11.1. The van der Waals surface area contributed by atoms with Crippen molar-refractivity contribution in [2.24, 2.45) is 11.0 Å². The van der Waals surface area contributed by atoms with Gasteiger partial charge in [0.1, 0.15) is 23.7 Å². The zero-order chi connectivity index (χ0) is 32.6. The molecule has 12 nitrogen and oxygen atoms in total. The van der Waals surface area contributed by atoms with Gasteiger partial charge in [0.15, 0.2) is 0 Å². The Bertz CT molecular complexity index is 1350. The van der Waals surface area contributed by atoms with E-state index in [0.29, 0.717) is 25.7 Å². The van der Waals surface area contributed by atoms with Crippen molar-refractivity contribution in [2.75, 3.05) is 6.54 Å². The molecule has 12 heteroatoms. The Labute approximate surface area is 263 Å². The van der Waals surface area contributed by atoms with Crippen molar-refractivity contribution in [3.63, 3.8) is 0 Å². The minimum atomic E-state index is -1.05. The summed E-state index contributed by atoms with van der Waals surface area (Å²) in [7, 11) is 0. The van der Waals surface area contributed by atoms with Crippen LogP contribution in [0.1, 0.15) is 77.0 Å². The van der Waals surface area contributed by atoms with Crippen LogP contribution in [0.5, 0.6) is 0 Å². The average Bonchev–Trinajstić information content (AvgIpc) is 3.40. The van der Waals surface area contributed by atoms with Gasteiger partial charge < -0.3 is 25.6 Å². The lowest BCUT2D eigenvalue weighted by Gasteiger charge is -2.33. The topological polar surface area (TPSA) is 166 Å². The number of nitrogens with zero attached hydrogens (tertiary/aromatic N) is 4. The van der Waals surface area contributed by atoms with Gasteiger partial charge in [-0.05, 0) is 75.5 Å². The summed E-state index contributed by atoms with van der Waals surface area (Å²) in [5.74, 6) is -1.71. The number of fused-ring (bicyclic) bond motifs is 1. The molecule has 0 aliphatic carbocycles. The molecule has 0 bridgehead atoms. The highest BCUT2D eigenvalue weighted by Gasteiger charge is 2.48. The predicted octanol–water partition coefficient (Wildman–Crippen LogP) is 4.76. The minimum absolute atomic E-state index is 0.00494. The first-order valence-electron chi connectivity index (χ1n) is 15.6. The largest absolute Gasteiger partial charge is 0.444 e. The van der Waals surface area contributed by atoms with Gasteiger partial charge in [-0.3, -0.25) is 14.4 Å². The van der Waals surface area contributed by atoms with E-state index in [2.05, 4.69) is 26.0 Å². The molecule has 2 aromatic rings. The van der Waals surface area contributed by atoms with Crippen LogP contribution in [0.2, 0.25) is 0 Å². The fourth-order valence-electron chi connectivity index (χ4n) is 6.16. The Balaban J connectivity index is 1.57. The summed E-state index contributed by atoms with van der Waals surface area (Å²) < 4.78 is 5.31. The van der Waals surface area contributed by atoms with E-state index in [9.17, 15) is 19.2 Å². The van der Waals surface area contributed by atoms with Crippen LogP contribution >= 0.6 is 0 Å². The Morgan fingerprint density at radius 3 is 2.13 bits per heavy atom. The smallest absolute Gasteiger partial charge is 0.408 e. The third-order valence-corrected chi connectivity index (χ3v) is 8.31. The van der Waals surface area contributed by atoms with E-state index >= 15 is 0 Å². The van der Waals surface area contributed by atoms with Gasteiger partial charge in [0.2, 0.25) is 17.7 Å². The van der Waals surface area contributed by atoms with Crippen molar-refractivity contribution in [2.45, 2.75) is 95.6 Å². The highest BCUT2D eigenvalue weighted by Crippen LogP contribution is 2.35. The number of nitrogens with one attached hydrogen (secondary N) is 3. The van der Waals surface area contributed by atoms with Crippen LogP contribution in [0.4, 0.5) is 4.79 Å². The third kappa shape index (κ3) is 8.54. The maximum absolute atomic E-state index is 14.3. The highest BCUT2D eigenvalue weighted by molar-refractivity contribution is 5.95. The molecule has 3 N–H and O–H groups in total. The number of carbonyl (C=O) groups is 4. The number of carbonyl (C=O) groups excluding carboxylic acids is 4. The molecular formula is C33H43N7O5. The van der Waals surface area contributed by atoms with Gasteiger partial charge in [-0.2, -0.15) is 0 Å². The molecule has 1 unspecified atom stereocenters. The maximum atomic E-state index is 14.3. The van der Waals surface area contributed by atoms with E-state index in [-0.39, 0.29) is 24.9 Å². The van der Waals surface area contributed by atoms with Gasteiger partial charge in [-0.1, -0.05) is 72.7 Å². The monoisotopic (exact) mass is 617 g/mol. The van der Waals surface area contributed by atoms with Gasteiger partial charge in [-0.15, -0.1) is 0 Å². The van der Waals surface area contributed by atoms with Crippen LogP contribution < -0.4 is 16.0 Å². The van der Waals surface area contributed by atoms with Gasteiger partial charge in [0, 0.05) is 17.5 Å². The molecule has 0 radical (unpaired) electrons. The third-order valence-electron chi connectivity index (χ3n) is 8.31. The van der Waals surface area contributed by atoms with Gasteiger partial charge in [-0.25, -0.2) is 4.79 Å². The summed E-state index contributed by atoms with van der Waals surface area (Å²) in [6.07, 6.45) is 1.74. The second-order valence-electron chi connectivity index (χ2n) is 12.6. The first-order chi connectivity index (χ1) is 21.5. The zero-order valence-corrected chi connectivity index (χ0v) is 26.3. The van der Waals surface area contributed by atoms with Gasteiger partial charge in [0.25, 0.3) is 0 Å². The van der Waals surface area contributed by atoms with E-state index in [1.807, 2.05) is 60.7 Å². The van der Waals surface area contributed by atoms with Crippen molar-refractivity contribution < 1.29 is 23.9 Å². The SMILES string of the molecule is CC[C@H](NC(=O)OC(C)(C)C)C(=O)N[C@@H]1C(=O)N2C(CC[C@@H]1CN=[N+]=[N-])CC[C@H]2C(=O)NC(c1ccccc1)c1ccccc1. The molecule has 2 saturated heterocycles. The van der Waals surface area contributed by atoms with Gasteiger partial charge in [0.05, 0.1) is 6.04 Å². The van der Waals surface area contributed by atoms with Crippen LogP contribution in [0.15, 0.2) is 65.8 Å². The maximum Gasteiger partial charge on any atom is 0.408 e. The number of benzene rings is 2. The number of hydrogen-bond donors (Lipinski definition) is 3. The average molecular weight is 618 g/mol. The summed E-state index contributed by atoms with van der Waals surface area (Å²) in [5.41, 5.74) is 10.1. The molecule has 45 heavy (non-hydrogen) atoms. The van der Waals surface area contributed by atoms with Crippen LogP contribution in [-0.4, -0.2) is 65.0 Å². The van der Waals surface area contributed by atoms with Crippen LogP contribution in [0.3, 0.4) is 0 Å². The minimum Gasteiger partial charge on any atom is -0.444 e. The summed E-state index contributed by atoms with van der Waals surface area (Å²) in [4.78, 5) is 58.6. The molecular weight excluding hydrogens is 574 g/mol. The fraction of sp³-hybridized carbons (Fsp3) is 0.515. The normalized spacial score (nSPS) is 22.0. The van der Waals surface area contributed by atoms with E-state index in [1.54, 1.807) is 32.6 Å². The fourth-order valence-corrected chi connectivity index (χ4v) is 6.16. The van der Waals surface area contributed by atoms with E-state index in [4.69, 9.17) is 10.3 Å². The summed E-state index contributed by atoms with van der Waals surface area (Å²) in [6.45, 7) is 6.91. The van der Waals surface area contributed by atoms with E-state index < -0.39 is 53.6 Å². The van der Waals surface area contributed by atoms with Crippen LogP contribution in [0.25, 0.3) is 10.4 Å². The summed E-state index contributed by atoms with van der Waals surface area (Å²) in [6, 6.07) is 15.9. The Hall–Kier alpha value is -4.57. The molecule has 2 heterocycles. The molecule has 2 aliphatic heterocycles. The Morgan fingerprint density at radius 2 is 1.58 bits per heavy atom. The molecule has 4 amide bonds. The number of rotatable bonds is 10. The van der Waals surface area contributed by atoms with Crippen LogP contribution in [0, 0.1) is 5.92 Å². The first-order valence-corrected chi connectivity index (χ1v) is 15.6. The lowest BCUT2D eigenvalue weighted by atomic mass is 9.93. The molecule has 240 valence electrons. The van der Waals surface area contributed by atoms with Crippen molar-refractivity contribution in [3.8, 4) is 0 Å². The van der Waals surface area contributed by atoms with Crippen molar-refractivity contribution in [1.82, 2.24) is 20.9 Å². The molecule has 4 rings (SSSR count). The first kappa shape index (κ1) is 33.3. The van der Waals surface area contributed by atoms with E-state index in [1.165, 1.54) is 0 Å². The van der Waals surface area contributed by atoms with Crippen molar-refractivity contribution >= 4 is 23.8 Å². The molecule has 0 aromatic heterocycles. The van der Waals surface area contributed by atoms with Crippen molar-refractivity contribution in [3.05, 3.63) is 82.2 Å². The number of alkyl carbamates (subject to hydrolysis) is 1. The van der Waals surface area contributed by atoms with Crippen LogP contribution in [-0.2, 0) is 19.1 Å². The zero-order valence-electron chi connectivity index (χ0n) is 26.3. The lowest BCUT2D eigenvalue weighted by molar-refractivity contribution is -0.143. The quantitative estimate of drug-likeness (QED) is 0.198. The molecule has 2 aliphatic rings. The number of amides is 4. The molecule has 0 saturated carbocycles. The standard InChI is InChI=1S/C33H43N7O5/c1-5-25(36-32(44)45-33(2,3)4)29(41)38-28-23(20-35-39-34)16-17-24-18-19-26(40(24)31(28)43)30(42)37-27(21-12-8-6-9-13-21)22-14-10-7-11-15-22/h6-15,23-28H,5,16-20H2,1-4H3,(H,36,44)(H,37,42)(H,38,41)/t23-,24?,25+,26+,28+/m1/s1. The van der Waals surface area contributed by atoms with Gasteiger partial charge >= 0.3 is 6.09 Å². The molecule has 0 spiro atoms. The highest BCUT2D eigenvalue weighted by atomic mass is 16.6. The second kappa shape index (κ2) is 14.9. The number of ether oxygens (including phenoxy) is 1. The molecule has 5 atom stereocenters. The molecule has 2 aromatic carbocycles. The second-order valence-corrected chi connectivity index (χ2v) is 12.6. The lowest BCUT2D eigenvalue weighted by Crippen LogP contribution is -2.59.